The molecule has 122 valence electrons. The van der Waals surface area contributed by atoms with E-state index in [1.165, 1.54) is 23.0 Å². The summed E-state index contributed by atoms with van der Waals surface area (Å²) in [7, 11) is 0. The number of benzene rings is 1. The van der Waals surface area contributed by atoms with Crippen molar-refractivity contribution in [1.29, 1.82) is 0 Å². The van der Waals surface area contributed by atoms with Crippen molar-refractivity contribution < 1.29 is 19.1 Å². The fourth-order valence-corrected chi connectivity index (χ4v) is 2.55. The van der Waals surface area contributed by atoms with Crippen molar-refractivity contribution in [3.05, 3.63) is 42.0 Å². The summed E-state index contributed by atoms with van der Waals surface area (Å²) in [6, 6.07) is 6.24. The maximum atomic E-state index is 12.7. The number of aromatic nitrogens is 3. The molecule has 0 spiro atoms. The molecule has 0 saturated heterocycles. The topological polar surface area (TPSA) is 97.1 Å². The van der Waals surface area contributed by atoms with Gasteiger partial charge in [-0.1, -0.05) is 5.21 Å². The summed E-state index contributed by atoms with van der Waals surface area (Å²) in [6.45, 7) is 0.416. The van der Waals surface area contributed by atoms with Crippen molar-refractivity contribution >= 4 is 23.6 Å². The number of carboxylic acid groups (broad SMARTS) is 1. The minimum Gasteiger partial charge on any atom is -0.476 e. The predicted molar refractivity (Wildman–Crippen MR) is 81.7 cm³/mol. The number of thioether (sulfide) groups is 1. The van der Waals surface area contributed by atoms with Gasteiger partial charge in [0.1, 0.15) is 12.4 Å². The second-order valence-corrected chi connectivity index (χ2v) is 5.78. The van der Waals surface area contributed by atoms with Gasteiger partial charge in [0.15, 0.2) is 5.69 Å². The van der Waals surface area contributed by atoms with Crippen molar-refractivity contribution in [3.8, 4) is 0 Å². The molecule has 1 aromatic heterocycles. The Balaban J connectivity index is 1.62. The lowest BCUT2D eigenvalue weighted by Crippen LogP contribution is -2.28. The number of hydrogen-bond donors (Lipinski definition) is 2. The van der Waals surface area contributed by atoms with Gasteiger partial charge in [-0.3, -0.25) is 4.79 Å². The molecular weight excluding hydrogens is 323 g/mol. The second-order valence-electron chi connectivity index (χ2n) is 4.61. The molecule has 0 fully saturated rings. The minimum absolute atomic E-state index is 0.0780. The van der Waals surface area contributed by atoms with Gasteiger partial charge in [-0.2, -0.15) is 0 Å². The van der Waals surface area contributed by atoms with Crippen molar-refractivity contribution in [2.45, 2.75) is 17.9 Å². The molecule has 2 N–H and O–H groups in total. The quantitative estimate of drug-likeness (QED) is 0.558. The molecule has 0 aliphatic heterocycles. The van der Waals surface area contributed by atoms with Gasteiger partial charge >= 0.3 is 5.97 Å². The van der Waals surface area contributed by atoms with E-state index in [4.69, 9.17) is 5.11 Å². The Morgan fingerprint density at radius 3 is 2.70 bits per heavy atom. The zero-order valence-electron chi connectivity index (χ0n) is 12.1. The number of rotatable bonds is 8. The van der Waals surface area contributed by atoms with Crippen molar-refractivity contribution in [2.24, 2.45) is 0 Å². The van der Waals surface area contributed by atoms with Crippen LogP contribution in [0, 0.1) is 5.82 Å². The van der Waals surface area contributed by atoms with E-state index in [1.807, 2.05) is 0 Å². The molecular formula is C14H15FN4O3S. The SMILES string of the molecule is O=C(Cn1cc(C(=O)O)nn1)NCCCSc1ccc(F)cc1. The summed E-state index contributed by atoms with van der Waals surface area (Å²) >= 11 is 1.58. The zero-order chi connectivity index (χ0) is 16.7. The minimum atomic E-state index is -1.19. The highest BCUT2D eigenvalue weighted by atomic mass is 32.2. The highest BCUT2D eigenvalue weighted by molar-refractivity contribution is 7.99. The van der Waals surface area contributed by atoms with Crippen LogP contribution in [0.3, 0.4) is 0 Å². The normalized spacial score (nSPS) is 10.5. The van der Waals surface area contributed by atoms with Crippen molar-refractivity contribution in [1.82, 2.24) is 20.3 Å². The lowest BCUT2D eigenvalue weighted by atomic mass is 10.4. The van der Waals surface area contributed by atoms with E-state index in [-0.39, 0.29) is 24.0 Å². The smallest absolute Gasteiger partial charge is 0.358 e. The Hall–Kier alpha value is -2.42. The standard InChI is InChI=1S/C14H15FN4O3S/c15-10-2-4-11(5-3-10)23-7-1-6-16-13(20)9-19-8-12(14(21)22)17-18-19/h2-5,8H,1,6-7,9H2,(H,16,20)(H,21,22). The molecule has 7 nitrogen and oxygen atoms in total. The molecule has 0 unspecified atom stereocenters. The van der Waals surface area contributed by atoms with Crippen LogP contribution in [-0.4, -0.2) is 44.3 Å². The third-order valence-corrected chi connectivity index (χ3v) is 3.89. The average molecular weight is 338 g/mol. The molecule has 1 heterocycles. The Kier molecular flexibility index (Phi) is 6.10. The van der Waals surface area contributed by atoms with Crippen LogP contribution in [0.5, 0.6) is 0 Å². The summed E-state index contributed by atoms with van der Waals surface area (Å²) in [5.41, 5.74) is -0.200. The number of amides is 1. The Morgan fingerprint density at radius 1 is 1.30 bits per heavy atom. The molecule has 2 rings (SSSR count). The Morgan fingerprint density at radius 2 is 2.04 bits per heavy atom. The van der Waals surface area contributed by atoms with Gasteiger partial charge in [-0.05, 0) is 36.4 Å². The van der Waals surface area contributed by atoms with E-state index in [2.05, 4.69) is 15.6 Å². The molecule has 9 heteroatoms. The number of carbonyl (C=O) groups is 2. The molecule has 1 aromatic carbocycles. The first-order chi connectivity index (χ1) is 11.0. The van der Waals surface area contributed by atoms with E-state index < -0.39 is 5.97 Å². The molecule has 0 saturated carbocycles. The fraction of sp³-hybridized carbons (Fsp3) is 0.286. The second kappa shape index (κ2) is 8.28. The molecule has 0 aliphatic carbocycles. The first-order valence-electron chi connectivity index (χ1n) is 6.83. The van der Waals surface area contributed by atoms with E-state index in [0.717, 1.165) is 17.1 Å². The summed E-state index contributed by atoms with van der Waals surface area (Å²) in [6.07, 6.45) is 1.96. The Labute approximate surface area is 135 Å². The molecule has 2 aromatic rings. The van der Waals surface area contributed by atoms with Crippen LogP contribution >= 0.6 is 11.8 Å². The number of carboxylic acids is 1. The lowest BCUT2D eigenvalue weighted by Gasteiger charge is -2.05. The third-order valence-electron chi connectivity index (χ3n) is 2.79. The third kappa shape index (κ3) is 5.70. The van der Waals surface area contributed by atoms with Crippen molar-refractivity contribution in [2.75, 3.05) is 12.3 Å². The number of nitrogens with zero attached hydrogens (tertiary/aromatic N) is 3. The summed E-state index contributed by atoms with van der Waals surface area (Å²) < 4.78 is 13.9. The van der Waals surface area contributed by atoms with Gasteiger partial charge in [0, 0.05) is 11.4 Å². The molecule has 0 bridgehead atoms. The van der Waals surface area contributed by atoms with Crippen LogP contribution in [0.4, 0.5) is 4.39 Å². The van der Waals surface area contributed by atoms with Gasteiger partial charge in [0.2, 0.25) is 5.91 Å². The monoisotopic (exact) mass is 338 g/mol. The zero-order valence-corrected chi connectivity index (χ0v) is 12.9. The lowest BCUT2D eigenvalue weighted by molar-refractivity contribution is -0.121. The maximum absolute atomic E-state index is 12.7. The first kappa shape index (κ1) is 16.9. The fourth-order valence-electron chi connectivity index (χ4n) is 1.70. The van der Waals surface area contributed by atoms with Crippen LogP contribution in [-0.2, 0) is 11.3 Å². The highest BCUT2D eigenvalue weighted by Crippen LogP contribution is 2.18. The van der Waals surface area contributed by atoms with Crippen LogP contribution in [0.15, 0.2) is 35.4 Å². The Bertz CT molecular complexity index is 675. The number of hydrogen-bond acceptors (Lipinski definition) is 5. The predicted octanol–water partition coefficient (Wildman–Crippen LogP) is 1.41. The average Bonchev–Trinajstić information content (AvgIpc) is 2.97. The maximum Gasteiger partial charge on any atom is 0.358 e. The van der Waals surface area contributed by atoms with Gasteiger partial charge < -0.3 is 10.4 Å². The molecule has 0 radical (unpaired) electrons. The summed E-state index contributed by atoms with van der Waals surface area (Å²) in [4.78, 5) is 23.3. The molecule has 1 amide bonds. The van der Waals surface area contributed by atoms with E-state index in [1.54, 1.807) is 23.9 Å². The summed E-state index contributed by atoms with van der Waals surface area (Å²) in [5, 5.41) is 18.4. The van der Waals surface area contributed by atoms with Gasteiger partial charge in [0.25, 0.3) is 0 Å². The van der Waals surface area contributed by atoms with Crippen LogP contribution < -0.4 is 5.32 Å². The number of carbonyl (C=O) groups excluding carboxylic acids is 1. The summed E-state index contributed by atoms with van der Waals surface area (Å²) in [5.74, 6) is -0.924. The van der Waals surface area contributed by atoms with E-state index in [0.29, 0.717) is 6.54 Å². The van der Waals surface area contributed by atoms with Gasteiger partial charge in [0.05, 0.1) is 6.20 Å². The number of halogens is 1. The largest absolute Gasteiger partial charge is 0.476 e. The number of aromatic carboxylic acids is 1. The molecule has 0 aliphatic rings. The van der Waals surface area contributed by atoms with Gasteiger partial charge in [-0.15, -0.1) is 16.9 Å². The first-order valence-corrected chi connectivity index (χ1v) is 7.81. The molecule has 23 heavy (non-hydrogen) atoms. The number of nitrogens with one attached hydrogen (secondary N) is 1. The van der Waals surface area contributed by atoms with E-state index in [9.17, 15) is 14.0 Å². The van der Waals surface area contributed by atoms with Crippen LogP contribution in [0.2, 0.25) is 0 Å². The highest BCUT2D eigenvalue weighted by Gasteiger charge is 2.10. The van der Waals surface area contributed by atoms with E-state index >= 15 is 0 Å². The van der Waals surface area contributed by atoms with Gasteiger partial charge in [-0.25, -0.2) is 13.9 Å². The molecule has 0 atom stereocenters. The van der Waals surface area contributed by atoms with Crippen molar-refractivity contribution in [3.63, 3.8) is 0 Å². The van der Waals surface area contributed by atoms with Crippen LogP contribution in [0.1, 0.15) is 16.9 Å². The van der Waals surface area contributed by atoms with Crippen LogP contribution in [0.25, 0.3) is 0 Å².